The summed E-state index contributed by atoms with van der Waals surface area (Å²) in [6, 6.07) is 8.69. The molecule has 1 fully saturated rings. The van der Waals surface area contributed by atoms with Gasteiger partial charge in [0.05, 0.1) is 23.0 Å². The van der Waals surface area contributed by atoms with E-state index >= 15 is 0 Å². The van der Waals surface area contributed by atoms with Gasteiger partial charge in [0.25, 0.3) is 17.7 Å². The summed E-state index contributed by atoms with van der Waals surface area (Å²) in [5.41, 5.74) is 1.74. The minimum atomic E-state index is -0.254. The molecule has 1 aromatic carbocycles. The van der Waals surface area contributed by atoms with Gasteiger partial charge in [-0.15, -0.1) is 0 Å². The highest BCUT2D eigenvalue weighted by Crippen LogP contribution is 2.20. The number of hydrogen-bond acceptors (Lipinski definition) is 6. The zero-order valence-electron chi connectivity index (χ0n) is 16.0. The van der Waals surface area contributed by atoms with Crippen LogP contribution in [0.1, 0.15) is 31.2 Å². The van der Waals surface area contributed by atoms with Crippen molar-refractivity contribution >= 4 is 34.7 Å². The van der Waals surface area contributed by atoms with Crippen LogP contribution in [-0.2, 0) is 0 Å². The number of amides is 3. The first-order valence-corrected chi connectivity index (χ1v) is 10.3. The van der Waals surface area contributed by atoms with Gasteiger partial charge < -0.3 is 15.1 Å². The average Bonchev–Trinajstić information content (AvgIpc) is 3.34. The van der Waals surface area contributed by atoms with E-state index in [1.54, 1.807) is 45.5 Å². The van der Waals surface area contributed by atoms with E-state index in [-0.39, 0.29) is 17.7 Å². The number of carbonyl (C=O) groups is 3. The highest BCUT2D eigenvalue weighted by Gasteiger charge is 2.27. The van der Waals surface area contributed by atoms with E-state index in [9.17, 15) is 14.4 Å². The SMILES string of the molecule is O=C(Nc1ccccc1C(=O)N1CCN(C(=O)c2cnccn2)CC1)c1ccsc1. The average molecular weight is 421 g/mol. The normalized spacial score (nSPS) is 13.7. The number of nitrogens with one attached hydrogen (secondary N) is 1. The molecule has 0 aliphatic carbocycles. The van der Waals surface area contributed by atoms with Crippen molar-refractivity contribution in [1.29, 1.82) is 0 Å². The van der Waals surface area contributed by atoms with E-state index in [2.05, 4.69) is 15.3 Å². The molecule has 2 aromatic heterocycles. The van der Waals surface area contributed by atoms with Crippen molar-refractivity contribution in [2.75, 3.05) is 31.5 Å². The first-order chi connectivity index (χ1) is 14.6. The Kier molecular flexibility index (Phi) is 5.80. The smallest absolute Gasteiger partial charge is 0.274 e. The molecule has 3 amide bonds. The number of carbonyl (C=O) groups excluding carboxylic acids is 3. The predicted octanol–water partition coefficient (Wildman–Crippen LogP) is 2.39. The third kappa shape index (κ3) is 4.20. The monoisotopic (exact) mass is 421 g/mol. The quantitative estimate of drug-likeness (QED) is 0.698. The molecule has 3 aromatic rings. The molecule has 1 N–H and O–H groups in total. The standard InChI is InChI=1S/C21H19N5O3S/c27-19(15-5-12-30-14-15)24-17-4-2-1-3-16(17)20(28)25-8-10-26(11-9-25)21(29)18-13-22-6-7-23-18/h1-7,12-14H,8-11H2,(H,24,27). The second kappa shape index (κ2) is 8.83. The van der Waals surface area contributed by atoms with Crippen LogP contribution in [0.2, 0.25) is 0 Å². The Morgan fingerprint density at radius 1 is 0.933 bits per heavy atom. The lowest BCUT2D eigenvalue weighted by molar-refractivity contribution is 0.0532. The van der Waals surface area contributed by atoms with Crippen molar-refractivity contribution in [2.45, 2.75) is 0 Å². The fraction of sp³-hybridized carbons (Fsp3) is 0.190. The number of nitrogens with zero attached hydrogens (tertiary/aromatic N) is 4. The minimum Gasteiger partial charge on any atom is -0.335 e. The maximum absolute atomic E-state index is 13.1. The number of para-hydroxylation sites is 1. The summed E-state index contributed by atoms with van der Waals surface area (Å²) >= 11 is 1.44. The first-order valence-electron chi connectivity index (χ1n) is 9.40. The number of aromatic nitrogens is 2. The second-order valence-corrected chi connectivity index (χ2v) is 7.47. The third-order valence-electron chi connectivity index (χ3n) is 4.83. The lowest BCUT2D eigenvalue weighted by Crippen LogP contribution is -2.50. The summed E-state index contributed by atoms with van der Waals surface area (Å²) in [5, 5.41) is 6.41. The molecule has 0 atom stereocenters. The second-order valence-electron chi connectivity index (χ2n) is 6.69. The maximum atomic E-state index is 13.1. The molecule has 0 saturated carbocycles. The molecular weight excluding hydrogens is 402 g/mol. The fourth-order valence-corrected chi connectivity index (χ4v) is 3.86. The van der Waals surface area contributed by atoms with Crippen LogP contribution in [0.5, 0.6) is 0 Å². The van der Waals surface area contributed by atoms with Gasteiger partial charge in [-0.2, -0.15) is 11.3 Å². The van der Waals surface area contributed by atoms with Gasteiger partial charge in [-0.05, 0) is 23.6 Å². The van der Waals surface area contributed by atoms with E-state index in [0.29, 0.717) is 48.7 Å². The van der Waals surface area contributed by atoms with E-state index in [4.69, 9.17) is 0 Å². The van der Waals surface area contributed by atoms with Crippen molar-refractivity contribution in [1.82, 2.24) is 19.8 Å². The molecule has 1 aliphatic heterocycles. The molecule has 0 bridgehead atoms. The Hall–Kier alpha value is -3.59. The molecule has 8 nitrogen and oxygen atoms in total. The molecular formula is C21H19N5O3S. The van der Waals surface area contributed by atoms with Crippen molar-refractivity contribution in [3.8, 4) is 0 Å². The van der Waals surface area contributed by atoms with Crippen molar-refractivity contribution in [3.05, 3.63) is 76.5 Å². The molecule has 3 heterocycles. The van der Waals surface area contributed by atoms with Crippen LogP contribution in [0.15, 0.2) is 59.7 Å². The van der Waals surface area contributed by atoms with Crippen LogP contribution in [0.3, 0.4) is 0 Å². The number of benzene rings is 1. The Morgan fingerprint density at radius 2 is 1.67 bits per heavy atom. The maximum Gasteiger partial charge on any atom is 0.274 e. The lowest BCUT2D eigenvalue weighted by atomic mass is 10.1. The molecule has 1 saturated heterocycles. The summed E-state index contributed by atoms with van der Waals surface area (Å²) < 4.78 is 0. The molecule has 1 aliphatic rings. The Balaban J connectivity index is 1.42. The van der Waals surface area contributed by atoms with Crippen LogP contribution in [0.25, 0.3) is 0 Å². The molecule has 9 heteroatoms. The fourth-order valence-electron chi connectivity index (χ4n) is 3.22. The lowest BCUT2D eigenvalue weighted by Gasteiger charge is -2.34. The van der Waals surface area contributed by atoms with Crippen LogP contribution in [-0.4, -0.2) is 63.7 Å². The molecule has 4 rings (SSSR count). The summed E-state index contributed by atoms with van der Waals surface area (Å²) in [6.07, 6.45) is 4.43. The van der Waals surface area contributed by atoms with Gasteiger partial charge in [0.15, 0.2) is 0 Å². The molecule has 0 radical (unpaired) electrons. The molecule has 0 spiro atoms. The van der Waals surface area contributed by atoms with E-state index < -0.39 is 0 Å². The van der Waals surface area contributed by atoms with Gasteiger partial charge in [0.2, 0.25) is 0 Å². The summed E-state index contributed by atoms with van der Waals surface area (Å²) in [6.45, 7) is 1.62. The summed E-state index contributed by atoms with van der Waals surface area (Å²) in [7, 11) is 0. The van der Waals surface area contributed by atoms with Crippen molar-refractivity contribution in [2.24, 2.45) is 0 Å². The zero-order chi connectivity index (χ0) is 20.9. The molecule has 152 valence electrons. The van der Waals surface area contributed by atoms with Gasteiger partial charge in [0.1, 0.15) is 5.69 Å². The number of piperazine rings is 1. The number of anilines is 1. The molecule has 30 heavy (non-hydrogen) atoms. The summed E-state index contributed by atoms with van der Waals surface area (Å²) in [5.74, 6) is -0.627. The predicted molar refractivity (Wildman–Crippen MR) is 113 cm³/mol. The van der Waals surface area contributed by atoms with Crippen molar-refractivity contribution < 1.29 is 14.4 Å². The highest BCUT2D eigenvalue weighted by molar-refractivity contribution is 7.08. The zero-order valence-corrected chi connectivity index (χ0v) is 16.8. The topological polar surface area (TPSA) is 95.5 Å². The Labute approximate surface area is 177 Å². The number of hydrogen-bond donors (Lipinski definition) is 1. The number of thiophene rings is 1. The third-order valence-corrected chi connectivity index (χ3v) is 5.51. The Bertz CT molecular complexity index is 1050. The van der Waals surface area contributed by atoms with Crippen LogP contribution >= 0.6 is 11.3 Å². The van der Waals surface area contributed by atoms with Crippen molar-refractivity contribution in [3.63, 3.8) is 0 Å². The van der Waals surface area contributed by atoms with Gasteiger partial charge in [-0.1, -0.05) is 12.1 Å². The number of rotatable bonds is 4. The van der Waals surface area contributed by atoms with Gasteiger partial charge in [-0.3, -0.25) is 19.4 Å². The van der Waals surface area contributed by atoms with Gasteiger partial charge in [-0.25, -0.2) is 4.98 Å². The minimum absolute atomic E-state index is 0.178. The van der Waals surface area contributed by atoms with Crippen LogP contribution < -0.4 is 5.32 Å². The van der Waals surface area contributed by atoms with E-state index in [1.165, 1.54) is 29.9 Å². The Morgan fingerprint density at radius 3 is 2.33 bits per heavy atom. The molecule has 0 unspecified atom stereocenters. The van der Waals surface area contributed by atoms with Gasteiger partial charge >= 0.3 is 0 Å². The van der Waals surface area contributed by atoms with E-state index in [0.717, 1.165) is 0 Å². The van der Waals surface area contributed by atoms with Crippen LogP contribution in [0, 0.1) is 0 Å². The highest BCUT2D eigenvalue weighted by atomic mass is 32.1. The van der Waals surface area contributed by atoms with Crippen LogP contribution in [0.4, 0.5) is 5.69 Å². The van der Waals surface area contributed by atoms with Gasteiger partial charge in [0, 0.05) is 44.0 Å². The van der Waals surface area contributed by atoms with E-state index in [1.807, 2.05) is 5.38 Å². The largest absolute Gasteiger partial charge is 0.335 e. The summed E-state index contributed by atoms with van der Waals surface area (Å²) in [4.78, 5) is 49.3. The first kappa shape index (κ1) is 19.7.